The zero-order valence-electron chi connectivity index (χ0n) is 16.8. The van der Waals surface area contributed by atoms with E-state index in [1.165, 1.54) is 44.2 Å². The summed E-state index contributed by atoms with van der Waals surface area (Å²) in [4.78, 5) is 39.6. The number of aromatic nitrogens is 3. The lowest BCUT2D eigenvalue weighted by molar-refractivity contribution is -0.146. The number of ether oxygens (including phenoxy) is 1. The Morgan fingerprint density at radius 3 is 2.58 bits per heavy atom. The molecule has 164 valence electrons. The van der Waals surface area contributed by atoms with Gasteiger partial charge in [0.15, 0.2) is 5.01 Å². The number of hydrogen-bond acceptors (Lipinski definition) is 9. The fourth-order valence-electron chi connectivity index (χ4n) is 2.55. The van der Waals surface area contributed by atoms with E-state index in [0.717, 1.165) is 15.9 Å². The first-order chi connectivity index (χ1) is 14.5. The highest BCUT2D eigenvalue weighted by molar-refractivity contribution is 7.89. The Morgan fingerprint density at radius 1 is 1.26 bits per heavy atom. The first-order valence-corrected chi connectivity index (χ1v) is 11.3. The van der Waals surface area contributed by atoms with Gasteiger partial charge >= 0.3 is 5.97 Å². The monoisotopic (exact) mass is 465 g/mol. The summed E-state index contributed by atoms with van der Waals surface area (Å²) in [5.74, 6) is -1.09. The van der Waals surface area contributed by atoms with E-state index in [1.54, 1.807) is 6.92 Å². The molecule has 11 nitrogen and oxygen atoms in total. The second kappa shape index (κ2) is 8.91. The Hall–Kier alpha value is -3.16. The van der Waals surface area contributed by atoms with Gasteiger partial charge in [0.25, 0.3) is 5.56 Å². The van der Waals surface area contributed by atoms with Gasteiger partial charge in [0.1, 0.15) is 12.6 Å². The summed E-state index contributed by atoms with van der Waals surface area (Å²) in [6.07, 6.45) is 0. The number of anilines is 1. The van der Waals surface area contributed by atoms with E-state index in [4.69, 9.17) is 4.74 Å². The Bertz CT molecular complexity index is 1300. The molecule has 0 radical (unpaired) electrons. The lowest BCUT2D eigenvalue weighted by Crippen LogP contribution is -2.39. The van der Waals surface area contributed by atoms with Crippen LogP contribution in [0.1, 0.15) is 24.5 Å². The molecular weight excluding hydrogens is 446 g/mol. The van der Waals surface area contributed by atoms with Gasteiger partial charge in [-0.2, -0.15) is 14.3 Å². The number of rotatable bonds is 7. The number of amides is 1. The van der Waals surface area contributed by atoms with Crippen LogP contribution < -0.4 is 15.6 Å². The molecule has 2 aromatic heterocycles. The summed E-state index contributed by atoms with van der Waals surface area (Å²) in [5, 5.41) is 6.92. The number of carbonyl (C=O) groups excluding carboxylic acids is 2. The Morgan fingerprint density at radius 2 is 1.94 bits per heavy atom. The normalized spacial score (nSPS) is 12.5. The number of carbonyl (C=O) groups is 2. The van der Waals surface area contributed by atoms with E-state index in [-0.39, 0.29) is 23.0 Å². The lowest BCUT2D eigenvalue weighted by Gasteiger charge is -2.13. The number of benzene rings is 1. The quantitative estimate of drug-likeness (QED) is 0.487. The average molecular weight is 466 g/mol. The molecule has 0 aliphatic heterocycles. The van der Waals surface area contributed by atoms with E-state index in [2.05, 4.69) is 20.1 Å². The molecule has 0 bridgehead atoms. The maximum absolute atomic E-state index is 12.5. The molecule has 0 unspecified atom stereocenters. The molecule has 1 amide bonds. The predicted molar refractivity (Wildman–Crippen MR) is 112 cm³/mol. The largest absolute Gasteiger partial charge is 0.457 e. The van der Waals surface area contributed by atoms with Crippen molar-refractivity contribution in [2.45, 2.75) is 38.3 Å². The third-order valence-electron chi connectivity index (χ3n) is 3.92. The van der Waals surface area contributed by atoms with Crippen LogP contribution in [-0.2, 0) is 31.0 Å². The van der Waals surface area contributed by atoms with Crippen LogP contribution in [0.2, 0.25) is 0 Å². The van der Waals surface area contributed by atoms with Gasteiger partial charge < -0.3 is 10.1 Å². The number of sulfonamides is 1. The van der Waals surface area contributed by atoms with Crippen LogP contribution in [0.3, 0.4) is 0 Å². The Balaban J connectivity index is 1.62. The number of fused-ring (bicyclic) bond motifs is 1. The number of nitrogens with one attached hydrogen (secondary N) is 2. The first-order valence-electron chi connectivity index (χ1n) is 8.98. The number of nitrogens with zero attached hydrogens (tertiary/aromatic N) is 3. The van der Waals surface area contributed by atoms with Gasteiger partial charge in [-0.05, 0) is 38.1 Å². The molecule has 0 fully saturated rings. The van der Waals surface area contributed by atoms with Gasteiger partial charge in [0, 0.05) is 24.4 Å². The second-order valence-corrected chi connectivity index (χ2v) is 9.34. The van der Waals surface area contributed by atoms with Crippen LogP contribution in [0.15, 0.2) is 40.0 Å². The summed E-state index contributed by atoms with van der Waals surface area (Å²) >= 11 is 1.09. The van der Waals surface area contributed by atoms with Crippen molar-refractivity contribution in [1.29, 1.82) is 0 Å². The molecule has 0 saturated heterocycles. The van der Waals surface area contributed by atoms with Crippen LogP contribution in [0.4, 0.5) is 5.69 Å². The van der Waals surface area contributed by atoms with E-state index in [0.29, 0.717) is 21.3 Å². The molecule has 1 atom stereocenters. The number of aryl methyl sites for hydroxylation is 1. The summed E-state index contributed by atoms with van der Waals surface area (Å²) < 4.78 is 33.4. The molecule has 1 aromatic carbocycles. The number of hydrogen-bond donors (Lipinski definition) is 2. The maximum Gasteiger partial charge on any atom is 0.324 e. The molecule has 2 heterocycles. The van der Waals surface area contributed by atoms with Crippen molar-refractivity contribution in [1.82, 2.24) is 19.3 Å². The molecule has 0 aliphatic carbocycles. The molecular formula is C18H19N5O6S2. The lowest BCUT2D eigenvalue weighted by atomic mass is 10.3. The van der Waals surface area contributed by atoms with Crippen molar-refractivity contribution in [2.75, 3.05) is 5.32 Å². The SMILES string of the molecule is CC(=O)Nc1ccc(S(=O)(=O)N[C@@H](C)C(=O)OCc2nn3c(=O)cc(C)nc3s2)cc1. The fraction of sp³-hybridized carbons (Fsp3) is 0.278. The molecule has 3 rings (SSSR count). The summed E-state index contributed by atoms with van der Waals surface area (Å²) in [7, 11) is -4.00. The molecule has 0 saturated carbocycles. The van der Waals surface area contributed by atoms with Gasteiger partial charge in [0.05, 0.1) is 4.90 Å². The van der Waals surface area contributed by atoms with Crippen molar-refractivity contribution in [3.8, 4) is 0 Å². The first kappa shape index (κ1) is 22.5. The van der Waals surface area contributed by atoms with Crippen LogP contribution >= 0.6 is 11.3 Å². The minimum Gasteiger partial charge on any atom is -0.457 e. The fourth-order valence-corrected chi connectivity index (χ4v) is 4.60. The van der Waals surface area contributed by atoms with Crippen LogP contribution in [0.25, 0.3) is 4.96 Å². The van der Waals surface area contributed by atoms with Crippen molar-refractivity contribution >= 4 is 43.9 Å². The minimum atomic E-state index is -4.00. The standard InChI is InChI=1S/C18H19N5O6S2/c1-10-8-16(25)23-18(19-10)30-15(21-23)9-29-17(26)11(2)22-31(27,28)14-6-4-13(5-7-14)20-12(3)24/h4-8,11,22H,9H2,1-3H3,(H,20,24)/t11-/m0/s1. The third-order valence-corrected chi connectivity index (χ3v) is 6.36. The van der Waals surface area contributed by atoms with E-state index < -0.39 is 22.0 Å². The van der Waals surface area contributed by atoms with E-state index in [9.17, 15) is 22.8 Å². The highest BCUT2D eigenvalue weighted by Crippen LogP contribution is 2.15. The summed E-state index contributed by atoms with van der Waals surface area (Å²) in [6.45, 7) is 4.13. The highest BCUT2D eigenvalue weighted by Gasteiger charge is 2.23. The second-order valence-electron chi connectivity index (χ2n) is 6.58. The Kier molecular flexibility index (Phi) is 6.48. The van der Waals surface area contributed by atoms with Crippen LogP contribution in [-0.4, -0.2) is 40.9 Å². The minimum absolute atomic E-state index is 0.0757. The van der Waals surface area contributed by atoms with Gasteiger partial charge in [-0.3, -0.25) is 14.4 Å². The van der Waals surface area contributed by atoms with Gasteiger partial charge in [0.2, 0.25) is 20.9 Å². The highest BCUT2D eigenvalue weighted by atomic mass is 32.2. The molecule has 3 aromatic rings. The van der Waals surface area contributed by atoms with E-state index >= 15 is 0 Å². The van der Waals surface area contributed by atoms with Crippen LogP contribution in [0, 0.1) is 6.92 Å². The van der Waals surface area contributed by atoms with Gasteiger partial charge in [-0.15, -0.1) is 0 Å². The zero-order valence-corrected chi connectivity index (χ0v) is 18.4. The summed E-state index contributed by atoms with van der Waals surface area (Å²) in [6, 6.07) is 5.65. The third kappa shape index (κ3) is 5.51. The smallest absolute Gasteiger partial charge is 0.324 e. The molecule has 0 spiro atoms. The van der Waals surface area contributed by atoms with Crippen molar-refractivity contribution in [2.24, 2.45) is 0 Å². The molecule has 13 heteroatoms. The van der Waals surface area contributed by atoms with Gasteiger partial charge in [-0.1, -0.05) is 11.3 Å². The van der Waals surface area contributed by atoms with Gasteiger partial charge in [-0.25, -0.2) is 13.4 Å². The number of esters is 1. The Labute approximate surface area is 181 Å². The average Bonchev–Trinajstić information content (AvgIpc) is 3.09. The van der Waals surface area contributed by atoms with E-state index in [1.807, 2.05) is 0 Å². The van der Waals surface area contributed by atoms with Crippen molar-refractivity contribution < 1.29 is 22.7 Å². The molecule has 0 aliphatic rings. The van der Waals surface area contributed by atoms with Crippen molar-refractivity contribution in [3.63, 3.8) is 0 Å². The zero-order chi connectivity index (χ0) is 22.8. The van der Waals surface area contributed by atoms with Crippen LogP contribution in [0.5, 0.6) is 0 Å². The predicted octanol–water partition coefficient (Wildman–Crippen LogP) is 0.828. The topological polar surface area (TPSA) is 149 Å². The van der Waals surface area contributed by atoms with Crippen molar-refractivity contribution in [3.05, 3.63) is 51.4 Å². The molecule has 2 N–H and O–H groups in total. The maximum atomic E-state index is 12.5. The molecule has 31 heavy (non-hydrogen) atoms. The summed E-state index contributed by atoms with van der Waals surface area (Å²) in [5.41, 5.74) is 0.644.